The van der Waals surface area contributed by atoms with Gasteiger partial charge in [-0.05, 0) is 12.1 Å². The fourth-order valence-corrected chi connectivity index (χ4v) is 1.27. The normalized spacial score (nSPS) is 10.1. The number of hydrogen-bond donors (Lipinski definition) is 1. The molecule has 2 N–H and O–H groups in total. The van der Waals surface area contributed by atoms with Gasteiger partial charge in [-0.25, -0.2) is 4.98 Å². The number of nitrogens with zero attached hydrogens (tertiary/aromatic N) is 2. The van der Waals surface area contributed by atoms with E-state index in [1.165, 1.54) is 6.20 Å². The van der Waals surface area contributed by atoms with E-state index in [4.69, 9.17) is 22.1 Å². The summed E-state index contributed by atoms with van der Waals surface area (Å²) in [6, 6.07) is 7.22. The number of anilines is 1. The summed E-state index contributed by atoms with van der Waals surface area (Å²) in [7, 11) is 0. The Hall–Kier alpha value is -1.81. The molecule has 0 unspecified atom stereocenters. The van der Waals surface area contributed by atoms with Gasteiger partial charge in [0.05, 0.1) is 18.1 Å². The number of benzene rings is 1. The molecule has 0 atom stereocenters. The summed E-state index contributed by atoms with van der Waals surface area (Å²) in [6.45, 7) is 0.341. The first-order chi connectivity index (χ1) is 7.74. The van der Waals surface area contributed by atoms with Gasteiger partial charge in [0.15, 0.2) is 0 Å². The maximum Gasteiger partial charge on any atom is 0.147 e. The Morgan fingerprint density at radius 2 is 2.12 bits per heavy atom. The molecule has 82 valence electrons. The van der Waals surface area contributed by atoms with E-state index < -0.39 is 0 Å². The van der Waals surface area contributed by atoms with Crippen LogP contribution in [0, 0.1) is 0 Å². The van der Waals surface area contributed by atoms with Crippen LogP contribution in [0.3, 0.4) is 0 Å². The lowest BCUT2D eigenvalue weighted by Gasteiger charge is -2.05. The van der Waals surface area contributed by atoms with E-state index in [0.29, 0.717) is 28.9 Å². The Morgan fingerprint density at radius 1 is 1.25 bits per heavy atom. The molecule has 5 heteroatoms. The molecule has 0 bridgehead atoms. The molecule has 0 amide bonds. The van der Waals surface area contributed by atoms with Gasteiger partial charge in [-0.2, -0.15) is 0 Å². The number of halogens is 1. The third-order valence-electron chi connectivity index (χ3n) is 1.92. The SMILES string of the molecule is Nc1cccc(OCc2cnc(Cl)cn2)c1. The van der Waals surface area contributed by atoms with Crippen molar-refractivity contribution >= 4 is 17.3 Å². The molecule has 0 radical (unpaired) electrons. The van der Waals surface area contributed by atoms with Crippen molar-refractivity contribution in [2.24, 2.45) is 0 Å². The highest BCUT2D eigenvalue weighted by molar-refractivity contribution is 6.29. The molecule has 2 aromatic rings. The smallest absolute Gasteiger partial charge is 0.147 e. The van der Waals surface area contributed by atoms with Gasteiger partial charge in [-0.1, -0.05) is 17.7 Å². The van der Waals surface area contributed by atoms with Crippen LogP contribution in [0.1, 0.15) is 5.69 Å². The lowest BCUT2D eigenvalue weighted by Crippen LogP contribution is -1.99. The zero-order chi connectivity index (χ0) is 11.4. The Balaban J connectivity index is 1.99. The van der Waals surface area contributed by atoms with E-state index >= 15 is 0 Å². The molecular formula is C11H10ClN3O. The monoisotopic (exact) mass is 235 g/mol. The molecule has 1 aromatic heterocycles. The van der Waals surface area contributed by atoms with Crippen molar-refractivity contribution in [3.63, 3.8) is 0 Å². The van der Waals surface area contributed by atoms with E-state index in [2.05, 4.69) is 9.97 Å². The topological polar surface area (TPSA) is 61.0 Å². The third-order valence-corrected chi connectivity index (χ3v) is 2.11. The van der Waals surface area contributed by atoms with E-state index in [0.717, 1.165) is 0 Å². The van der Waals surface area contributed by atoms with Crippen LogP contribution < -0.4 is 10.5 Å². The van der Waals surface area contributed by atoms with Crippen molar-refractivity contribution < 1.29 is 4.74 Å². The molecule has 2 rings (SSSR count). The van der Waals surface area contributed by atoms with Crippen molar-refractivity contribution in [1.29, 1.82) is 0 Å². The van der Waals surface area contributed by atoms with Crippen LogP contribution in [0.15, 0.2) is 36.7 Å². The average Bonchev–Trinajstić information content (AvgIpc) is 2.28. The summed E-state index contributed by atoms with van der Waals surface area (Å²) in [6.07, 6.45) is 3.06. The molecule has 16 heavy (non-hydrogen) atoms. The first-order valence-corrected chi connectivity index (χ1v) is 5.06. The van der Waals surface area contributed by atoms with Crippen molar-refractivity contribution in [1.82, 2.24) is 9.97 Å². The van der Waals surface area contributed by atoms with Gasteiger partial charge in [-0.15, -0.1) is 0 Å². The predicted octanol–water partition coefficient (Wildman–Crippen LogP) is 2.29. The number of ether oxygens (including phenoxy) is 1. The largest absolute Gasteiger partial charge is 0.487 e. The first kappa shape index (κ1) is 10.7. The second-order valence-electron chi connectivity index (χ2n) is 3.19. The standard InChI is InChI=1S/C11H10ClN3O/c12-11-6-14-9(5-15-11)7-16-10-3-1-2-8(13)4-10/h1-6H,7,13H2. The highest BCUT2D eigenvalue weighted by atomic mass is 35.5. The summed E-state index contributed by atoms with van der Waals surface area (Å²) in [4.78, 5) is 7.97. The average molecular weight is 236 g/mol. The van der Waals surface area contributed by atoms with E-state index in [9.17, 15) is 0 Å². The number of rotatable bonds is 3. The van der Waals surface area contributed by atoms with Gasteiger partial charge < -0.3 is 10.5 Å². The van der Waals surface area contributed by atoms with Crippen molar-refractivity contribution in [3.05, 3.63) is 47.5 Å². The number of hydrogen-bond acceptors (Lipinski definition) is 4. The summed E-state index contributed by atoms with van der Waals surface area (Å²) in [5, 5.41) is 0.368. The van der Waals surface area contributed by atoms with Crippen molar-refractivity contribution in [2.45, 2.75) is 6.61 Å². The van der Waals surface area contributed by atoms with E-state index in [-0.39, 0.29) is 0 Å². The van der Waals surface area contributed by atoms with Gasteiger partial charge in [0.25, 0.3) is 0 Å². The molecule has 1 heterocycles. The summed E-state index contributed by atoms with van der Waals surface area (Å²) < 4.78 is 5.49. The molecule has 0 aliphatic carbocycles. The van der Waals surface area contributed by atoms with Crippen LogP contribution in [0.5, 0.6) is 5.75 Å². The molecule has 0 fully saturated rings. The number of nitrogen functional groups attached to an aromatic ring is 1. The predicted molar refractivity (Wildman–Crippen MR) is 62.2 cm³/mol. The molecule has 4 nitrogen and oxygen atoms in total. The third kappa shape index (κ3) is 2.84. The molecule has 0 aliphatic heterocycles. The van der Waals surface area contributed by atoms with E-state index in [1.54, 1.807) is 18.3 Å². The molecular weight excluding hydrogens is 226 g/mol. The lowest BCUT2D eigenvalue weighted by molar-refractivity contribution is 0.301. The Kier molecular flexibility index (Phi) is 3.22. The second-order valence-corrected chi connectivity index (χ2v) is 3.58. The zero-order valence-corrected chi connectivity index (χ0v) is 9.19. The van der Waals surface area contributed by atoms with Crippen LogP contribution in [0.2, 0.25) is 5.15 Å². The Bertz CT molecular complexity index is 473. The summed E-state index contributed by atoms with van der Waals surface area (Å²) >= 11 is 5.62. The fourth-order valence-electron chi connectivity index (χ4n) is 1.18. The lowest BCUT2D eigenvalue weighted by atomic mass is 10.3. The quantitative estimate of drug-likeness (QED) is 0.830. The highest BCUT2D eigenvalue weighted by Crippen LogP contribution is 2.15. The van der Waals surface area contributed by atoms with Gasteiger partial charge in [0.2, 0.25) is 0 Å². The van der Waals surface area contributed by atoms with Crippen LogP contribution in [0.25, 0.3) is 0 Å². The van der Waals surface area contributed by atoms with Crippen LogP contribution in [-0.2, 0) is 6.61 Å². The minimum absolute atomic E-state index is 0.341. The van der Waals surface area contributed by atoms with Gasteiger partial charge in [0, 0.05) is 11.8 Å². The Labute approximate surface area is 98.0 Å². The summed E-state index contributed by atoms with van der Waals surface area (Å²) in [5.74, 6) is 0.705. The number of aromatic nitrogens is 2. The van der Waals surface area contributed by atoms with Crippen LogP contribution >= 0.6 is 11.6 Å². The number of nitrogens with two attached hydrogens (primary N) is 1. The van der Waals surface area contributed by atoms with Gasteiger partial charge in [0.1, 0.15) is 17.5 Å². The summed E-state index contributed by atoms with van der Waals surface area (Å²) in [5.41, 5.74) is 7.00. The highest BCUT2D eigenvalue weighted by Gasteiger charge is 1.98. The fraction of sp³-hybridized carbons (Fsp3) is 0.0909. The Morgan fingerprint density at radius 3 is 2.81 bits per heavy atom. The van der Waals surface area contributed by atoms with Gasteiger partial charge >= 0.3 is 0 Å². The maximum absolute atomic E-state index is 5.62. The van der Waals surface area contributed by atoms with Crippen LogP contribution in [-0.4, -0.2) is 9.97 Å². The molecule has 1 aromatic carbocycles. The molecule has 0 spiro atoms. The minimum atomic E-state index is 0.341. The second kappa shape index (κ2) is 4.81. The molecule has 0 saturated carbocycles. The van der Waals surface area contributed by atoms with Crippen LogP contribution in [0.4, 0.5) is 5.69 Å². The zero-order valence-electron chi connectivity index (χ0n) is 8.43. The van der Waals surface area contributed by atoms with Gasteiger partial charge in [-0.3, -0.25) is 4.98 Å². The maximum atomic E-state index is 5.62. The van der Waals surface area contributed by atoms with E-state index in [1.807, 2.05) is 12.1 Å². The van der Waals surface area contributed by atoms with Crippen molar-refractivity contribution in [3.8, 4) is 5.75 Å². The minimum Gasteiger partial charge on any atom is -0.487 e. The molecule has 0 aliphatic rings. The molecule has 0 saturated heterocycles. The first-order valence-electron chi connectivity index (χ1n) is 4.69. The van der Waals surface area contributed by atoms with Crippen molar-refractivity contribution in [2.75, 3.05) is 5.73 Å².